The SMILES string of the molecule is C[C@@H](O)C[C@H]1COCCN1Cc1ccc(F)c(Cl)c1. The average molecular weight is 288 g/mol. The lowest BCUT2D eigenvalue weighted by Crippen LogP contribution is -2.46. The molecule has 1 aliphatic rings. The van der Waals surface area contributed by atoms with E-state index in [9.17, 15) is 9.50 Å². The van der Waals surface area contributed by atoms with Crippen molar-refractivity contribution in [2.45, 2.75) is 32.0 Å². The first-order chi connectivity index (χ1) is 9.06. The van der Waals surface area contributed by atoms with Crippen LogP contribution in [0.15, 0.2) is 18.2 Å². The summed E-state index contributed by atoms with van der Waals surface area (Å²) in [5.41, 5.74) is 0.976. The second-order valence-electron chi connectivity index (χ2n) is 5.03. The molecule has 1 saturated heterocycles. The number of halogens is 2. The monoisotopic (exact) mass is 287 g/mol. The van der Waals surface area contributed by atoms with Gasteiger partial charge in [0.05, 0.1) is 24.3 Å². The first kappa shape index (κ1) is 14.7. The summed E-state index contributed by atoms with van der Waals surface area (Å²) in [6.07, 6.45) is 0.320. The number of hydrogen-bond donors (Lipinski definition) is 1. The molecule has 1 fully saturated rings. The zero-order chi connectivity index (χ0) is 13.8. The highest BCUT2D eigenvalue weighted by atomic mass is 35.5. The van der Waals surface area contributed by atoms with Crippen molar-refractivity contribution >= 4 is 11.6 Å². The van der Waals surface area contributed by atoms with Crippen molar-refractivity contribution < 1.29 is 14.2 Å². The summed E-state index contributed by atoms with van der Waals surface area (Å²) in [6.45, 7) is 4.60. The van der Waals surface area contributed by atoms with E-state index in [0.717, 1.165) is 12.1 Å². The minimum atomic E-state index is -0.395. The van der Waals surface area contributed by atoms with Crippen LogP contribution in [0.5, 0.6) is 0 Å². The van der Waals surface area contributed by atoms with Crippen molar-refractivity contribution in [3.05, 3.63) is 34.6 Å². The molecule has 2 atom stereocenters. The molecule has 0 aliphatic carbocycles. The molecule has 2 rings (SSSR count). The van der Waals surface area contributed by atoms with Crippen LogP contribution in [0.4, 0.5) is 4.39 Å². The van der Waals surface area contributed by atoms with Gasteiger partial charge in [0, 0.05) is 19.1 Å². The maximum Gasteiger partial charge on any atom is 0.141 e. The summed E-state index contributed by atoms with van der Waals surface area (Å²) in [6, 6.07) is 4.99. The van der Waals surface area contributed by atoms with Gasteiger partial charge in [-0.15, -0.1) is 0 Å². The third kappa shape index (κ3) is 4.14. The largest absolute Gasteiger partial charge is 0.393 e. The van der Waals surface area contributed by atoms with Gasteiger partial charge in [-0.25, -0.2) is 4.39 Å². The second-order valence-corrected chi connectivity index (χ2v) is 5.44. The van der Waals surface area contributed by atoms with E-state index in [1.54, 1.807) is 19.1 Å². The molecule has 0 unspecified atom stereocenters. The molecule has 1 N–H and O–H groups in total. The van der Waals surface area contributed by atoms with E-state index >= 15 is 0 Å². The van der Waals surface area contributed by atoms with Gasteiger partial charge in [0.25, 0.3) is 0 Å². The number of rotatable bonds is 4. The minimum absolute atomic E-state index is 0.151. The smallest absolute Gasteiger partial charge is 0.141 e. The topological polar surface area (TPSA) is 32.7 Å². The first-order valence-corrected chi connectivity index (χ1v) is 6.88. The maximum atomic E-state index is 13.1. The summed E-state index contributed by atoms with van der Waals surface area (Å²) in [7, 11) is 0. The lowest BCUT2D eigenvalue weighted by atomic mass is 10.1. The Bertz CT molecular complexity index is 428. The molecule has 19 heavy (non-hydrogen) atoms. The van der Waals surface area contributed by atoms with Crippen LogP contribution in [0.3, 0.4) is 0 Å². The van der Waals surface area contributed by atoms with Crippen LogP contribution >= 0.6 is 11.6 Å². The highest BCUT2D eigenvalue weighted by Gasteiger charge is 2.24. The van der Waals surface area contributed by atoms with Crippen LogP contribution in [0.2, 0.25) is 5.02 Å². The highest BCUT2D eigenvalue weighted by Crippen LogP contribution is 2.20. The lowest BCUT2D eigenvalue weighted by molar-refractivity contribution is -0.0276. The summed E-state index contributed by atoms with van der Waals surface area (Å²) < 4.78 is 18.6. The van der Waals surface area contributed by atoms with Gasteiger partial charge in [-0.3, -0.25) is 4.90 Å². The van der Waals surface area contributed by atoms with Gasteiger partial charge in [-0.1, -0.05) is 17.7 Å². The molecule has 0 bridgehead atoms. The molecular weight excluding hydrogens is 269 g/mol. The molecule has 106 valence electrons. The van der Waals surface area contributed by atoms with E-state index in [1.807, 2.05) is 0 Å². The van der Waals surface area contributed by atoms with Gasteiger partial charge in [-0.2, -0.15) is 0 Å². The fourth-order valence-corrected chi connectivity index (χ4v) is 2.58. The molecular formula is C14H19ClFNO2. The highest BCUT2D eigenvalue weighted by molar-refractivity contribution is 6.30. The summed E-state index contributed by atoms with van der Waals surface area (Å²) in [4.78, 5) is 2.25. The average Bonchev–Trinajstić information content (AvgIpc) is 2.36. The van der Waals surface area contributed by atoms with E-state index in [4.69, 9.17) is 16.3 Å². The molecule has 1 aromatic carbocycles. The molecule has 1 aromatic rings. The van der Waals surface area contributed by atoms with Gasteiger partial charge < -0.3 is 9.84 Å². The Hall–Kier alpha value is -0.680. The summed E-state index contributed by atoms with van der Waals surface area (Å²) in [5.74, 6) is -0.395. The minimum Gasteiger partial charge on any atom is -0.393 e. The fourth-order valence-electron chi connectivity index (χ4n) is 2.38. The Balaban J connectivity index is 2.04. The Morgan fingerprint density at radius 3 is 3.05 bits per heavy atom. The van der Waals surface area contributed by atoms with Crippen molar-refractivity contribution in [3.8, 4) is 0 Å². The maximum absolute atomic E-state index is 13.1. The summed E-state index contributed by atoms with van der Waals surface area (Å²) >= 11 is 5.79. The quantitative estimate of drug-likeness (QED) is 0.923. The van der Waals surface area contributed by atoms with Gasteiger partial charge in [-0.05, 0) is 31.0 Å². The molecule has 1 heterocycles. The standard InChI is InChI=1S/C14H19ClFNO2/c1-10(18)6-12-9-19-5-4-17(12)8-11-2-3-14(16)13(15)7-11/h2-3,7,10,12,18H,4-6,8-9H2,1H3/t10-,12+/m1/s1. The van der Waals surface area contributed by atoms with E-state index in [1.165, 1.54) is 6.07 Å². The van der Waals surface area contributed by atoms with E-state index < -0.39 is 5.82 Å². The zero-order valence-corrected chi connectivity index (χ0v) is 11.7. The molecule has 5 heteroatoms. The van der Waals surface area contributed by atoms with Gasteiger partial charge >= 0.3 is 0 Å². The fraction of sp³-hybridized carbons (Fsp3) is 0.571. The van der Waals surface area contributed by atoms with Crippen molar-refractivity contribution in [1.29, 1.82) is 0 Å². The third-order valence-electron chi connectivity index (χ3n) is 3.33. The number of aliphatic hydroxyl groups is 1. The van der Waals surface area contributed by atoms with Crippen molar-refractivity contribution in [2.75, 3.05) is 19.8 Å². The van der Waals surface area contributed by atoms with E-state index in [-0.39, 0.29) is 17.2 Å². The van der Waals surface area contributed by atoms with Gasteiger partial charge in [0.15, 0.2) is 0 Å². The third-order valence-corrected chi connectivity index (χ3v) is 3.62. The molecule has 0 aromatic heterocycles. The Kier molecular flexibility index (Phi) is 5.16. The van der Waals surface area contributed by atoms with Crippen LogP contribution in [0, 0.1) is 5.82 Å². The molecule has 0 amide bonds. The molecule has 0 radical (unpaired) electrons. The predicted octanol–water partition coefficient (Wildman–Crippen LogP) is 2.45. The number of morpholine rings is 1. The zero-order valence-electron chi connectivity index (χ0n) is 11.0. The van der Waals surface area contributed by atoms with Crippen molar-refractivity contribution in [1.82, 2.24) is 4.90 Å². The van der Waals surface area contributed by atoms with Crippen LogP contribution in [0.1, 0.15) is 18.9 Å². The molecule has 1 aliphatic heterocycles. The number of aliphatic hydroxyl groups excluding tert-OH is 1. The van der Waals surface area contributed by atoms with E-state index in [0.29, 0.717) is 26.2 Å². The number of hydrogen-bond acceptors (Lipinski definition) is 3. The van der Waals surface area contributed by atoms with Crippen LogP contribution in [0.25, 0.3) is 0 Å². The molecule has 0 saturated carbocycles. The number of benzene rings is 1. The number of nitrogens with zero attached hydrogens (tertiary/aromatic N) is 1. The molecule has 3 nitrogen and oxygen atoms in total. The lowest BCUT2D eigenvalue weighted by Gasteiger charge is -2.36. The summed E-state index contributed by atoms with van der Waals surface area (Å²) in [5, 5.41) is 9.67. The second kappa shape index (κ2) is 6.66. The number of ether oxygens (including phenoxy) is 1. The van der Waals surface area contributed by atoms with Crippen molar-refractivity contribution in [3.63, 3.8) is 0 Å². The first-order valence-electron chi connectivity index (χ1n) is 6.50. The van der Waals surface area contributed by atoms with E-state index in [2.05, 4.69) is 4.90 Å². The Labute approximate surface area is 117 Å². The van der Waals surface area contributed by atoms with Crippen LogP contribution in [-0.2, 0) is 11.3 Å². The van der Waals surface area contributed by atoms with Gasteiger partial charge in [0.1, 0.15) is 5.82 Å². The van der Waals surface area contributed by atoms with Crippen LogP contribution in [-0.4, -0.2) is 41.9 Å². The van der Waals surface area contributed by atoms with Crippen LogP contribution < -0.4 is 0 Å². The van der Waals surface area contributed by atoms with Gasteiger partial charge in [0.2, 0.25) is 0 Å². The molecule has 0 spiro atoms. The predicted molar refractivity (Wildman–Crippen MR) is 72.7 cm³/mol. The van der Waals surface area contributed by atoms with Crippen molar-refractivity contribution in [2.24, 2.45) is 0 Å². The normalized spacial score (nSPS) is 22.4. The Morgan fingerprint density at radius 1 is 1.58 bits per heavy atom. The Morgan fingerprint density at radius 2 is 2.37 bits per heavy atom.